The first-order valence-corrected chi connectivity index (χ1v) is 5.08. The van der Waals surface area contributed by atoms with Gasteiger partial charge in [0.05, 0.1) is 17.2 Å². The Morgan fingerprint density at radius 1 is 1.44 bits per heavy atom. The summed E-state index contributed by atoms with van der Waals surface area (Å²) in [7, 11) is 0. The van der Waals surface area contributed by atoms with Gasteiger partial charge in [0.1, 0.15) is 0 Å². The molecular weight excluding hydrogens is 206 g/mol. The zero-order valence-electron chi connectivity index (χ0n) is 8.76. The van der Waals surface area contributed by atoms with Crippen LogP contribution in [0.2, 0.25) is 0 Å². The van der Waals surface area contributed by atoms with E-state index >= 15 is 0 Å². The van der Waals surface area contributed by atoms with Gasteiger partial charge in [0.15, 0.2) is 0 Å². The van der Waals surface area contributed by atoms with Crippen molar-refractivity contribution < 1.29 is 5.11 Å². The number of nitrogens with zero attached hydrogens (tertiary/aromatic N) is 2. The van der Waals surface area contributed by atoms with E-state index in [0.29, 0.717) is 29.6 Å². The van der Waals surface area contributed by atoms with Crippen molar-refractivity contribution in [2.75, 3.05) is 12.3 Å². The van der Waals surface area contributed by atoms with Crippen molar-refractivity contribution in [1.82, 2.24) is 9.55 Å². The van der Waals surface area contributed by atoms with Crippen molar-refractivity contribution in [1.29, 1.82) is 0 Å². The standard InChI is InChI=1S/C11H13N3O2/c12-8-2-3-10-9(6-8)11(16)14(7-13-10)4-1-5-15/h2-3,6-7,15H,1,4-5,12H2. The van der Waals surface area contributed by atoms with E-state index in [1.54, 1.807) is 18.2 Å². The molecule has 2 aromatic rings. The molecule has 0 aliphatic carbocycles. The van der Waals surface area contributed by atoms with Crippen molar-refractivity contribution in [2.45, 2.75) is 13.0 Å². The van der Waals surface area contributed by atoms with Crippen molar-refractivity contribution in [3.05, 3.63) is 34.9 Å². The van der Waals surface area contributed by atoms with Crippen LogP contribution < -0.4 is 11.3 Å². The largest absolute Gasteiger partial charge is 0.399 e. The van der Waals surface area contributed by atoms with Crippen LogP contribution in [0, 0.1) is 0 Å². The summed E-state index contributed by atoms with van der Waals surface area (Å²) >= 11 is 0. The summed E-state index contributed by atoms with van der Waals surface area (Å²) in [6.07, 6.45) is 2.03. The number of aryl methyl sites for hydroxylation is 1. The summed E-state index contributed by atoms with van der Waals surface area (Å²) in [4.78, 5) is 16.1. The monoisotopic (exact) mass is 219 g/mol. The predicted molar refractivity (Wildman–Crippen MR) is 62.1 cm³/mol. The van der Waals surface area contributed by atoms with E-state index in [9.17, 15) is 4.79 Å². The Morgan fingerprint density at radius 2 is 2.25 bits per heavy atom. The maximum absolute atomic E-state index is 12.0. The second-order valence-corrected chi connectivity index (χ2v) is 3.60. The van der Waals surface area contributed by atoms with Crippen LogP contribution in [0.3, 0.4) is 0 Å². The Labute approximate surface area is 92.2 Å². The Bertz CT molecular complexity index is 563. The third-order valence-corrected chi connectivity index (χ3v) is 2.41. The van der Waals surface area contributed by atoms with E-state index in [1.807, 2.05) is 0 Å². The molecule has 1 aromatic heterocycles. The van der Waals surface area contributed by atoms with Gasteiger partial charge in [0.25, 0.3) is 5.56 Å². The lowest BCUT2D eigenvalue weighted by atomic mass is 10.2. The number of hydrogen-bond donors (Lipinski definition) is 2. The van der Waals surface area contributed by atoms with Crippen LogP contribution in [-0.2, 0) is 6.54 Å². The predicted octanol–water partition coefficient (Wildman–Crippen LogP) is 0.361. The number of aromatic nitrogens is 2. The van der Waals surface area contributed by atoms with E-state index < -0.39 is 0 Å². The van der Waals surface area contributed by atoms with Gasteiger partial charge < -0.3 is 10.8 Å². The molecule has 2 rings (SSSR count). The van der Waals surface area contributed by atoms with Crippen molar-refractivity contribution in [3.8, 4) is 0 Å². The summed E-state index contributed by atoms with van der Waals surface area (Å²) in [6, 6.07) is 5.06. The fourth-order valence-corrected chi connectivity index (χ4v) is 1.58. The molecule has 0 saturated carbocycles. The summed E-state index contributed by atoms with van der Waals surface area (Å²) < 4.78 is 1.48. The molecule has 0 saturated heterocycles. The maximum atomic E-state index is 12.0. The molecule has 16 heavy (non-hydrogen) atoms. The molecule has 0 atom stereocenters. The highest BCUT2D eigenvalue weighted by atomic mass is 16.3. The first-order valence-electron chi connectivity index (χ1n) is 5.08. The number of hydrogen-bond acceptors (Lipinski definition) is 4. The second kappa shape index (κ2) is 4.32. The third-order valence-electron chi connectivity index (χ3n) is 2.41. The van der Waals surface area contributed by atoms with Gasteiger partial charge in [-0.15, -0.1) is 0 Å². The number of nitrogens with two attached hydrogens (primary N) is 1. The minimum Gasteiger partial charge on any atom is -0.399 e. The highest BCUT2D eigenvalue weighted by Crippen LogP contribution is 2.10. The van der Waals surface area contributed by atoms with Gasteiger partial charge in [-0.2, -0.15) is 0 Å². The van der Waals surface area contributed by atoms with E-state index in [2.05, 4.69) is 4.98 Å². The van der Waals surface area contributed by atoms with Gasteiger partial charge in [-0.05, 0) is 24.6 Å². The average molecular weight is 219 g/mol. The molecule has 1 aromatic carbocycles. The number of aliphatic hydroxyl groups excluding tert-OH is 1. The Kier molecular flexibility index (Phi) is 2.87. The van der Waals surface area contributed by atoms with Crippen molar-refractivity contribution in [2.24, 2.45) is 0 Å². The lowest BCUT2D eigenvalue weighted by Gasteiger charge is -2.05. The molecule has 0 bridgehead atoms. The number of nitrogen functional groups attached to an aromatic ring is 1. The van der Waals surface area contributed by atoms with E-state index in [-0.39, 0.29) is 12.2 Å². The molecule has 1 heterocycles. The van der Waals surface area contributed by atoms with E-state index in [4.69, 9.17) is 10.8 Å². The molecule has 0 unspecified atom stereocenters. The minimum absolute atomic E-state index is 0.0570. The van der Waals surface area contributed by atoms with Gasteiger partial charge in [-0.25, -0.2) is 4.98 Å². The topological polar surface area (TPSA) is 81.1 Å². The molecule has 0 fully saturated rings. The zero-order valence-corrected chi connectivity index (χ0v) is 8.76. The molecular formula is C11H13N3O2. The molecule has 0 aliphatic heterocycles. The Balaban J connectivity index is 2.55. The Hall–Kier alpha value is -1.88. The fraction of sp³-hybridized carbons (Fsp3) is 0.273. The average Bonchev–Trinajstić information content (AvgIpc) is 2.29. The van der Waals surface area contributed by atoms with Gasteiger partial charge in [-0.3, -0.25) is 9.36 Å². The van der Waals surface area contributed by atoms with Gasteiger partial charge in [0.2, 0.25) is 0 Å². The molecule has 3 N–H and O–H groups in total. The molecule has 0 spiro atoms. The number of aliphatic hydroxyl groups is 1. The van der Waals surface area contributed by atoms with Crippen LogP contribution in [-0.4, -0.2) is 21.3 Å². The quantitative estimate of drug-likeness (QED) is 0.730. The third kappa shape index (κ3) is 1.90. The number of anilines is 1. The van der Waals surface area contributed by atoms with Crippen LogP contribution in [0.5, 0.6) is 0 Å². The van der Waals surface area contributed by atoms with Gasteiger partial charge >= 0.3 is 0 Å². The lowest BCUT2D eigenvalue weighted by Crippen LogP contribution is -2.21. The normalized spacial score (nSPS) is 10.8. The number of rotatable bonds is 3. The van der Waals surface area contributed by atoms with Crippen molar-refractivity contribution in [3.63, 3.8) is 0 Å². The fourth-order valence-electron chi connectivity index (χ4n) is 1.58. The number of benzene rings is 1. The molecule has 0 amide bonds. The molecule has 84 valence electrons. The van der Waals surface area contributed by atoms with Crippen LogP contribution in [0.4, 0.5) is 5.69 Å². The van der Waals surface area contributed by atoms with Crippen LogP contribution >= 0.6 is 0 Å². The highest BCUT2D eigenvalue weighted by molar-refractivity contribution is 5.80. The lowest BCUT2D eigenvalue weighted by molar-refractivity contribution is 0.279. The SMILES string of the molecule is Nc1ccc2ncn(CCCO)c(=O)c2c1. The van der Waals surface area contributed by atoms with Crippen LogP contribution in [0.1, 0.15) is 6.42 Å². The first kappa shape index (κ1) is 10.6. The summed E-state index contributed by atoms with van der Waals surface area (Å²) in [5, 5.41) is 9.23. The first-order chi connectivity index (χ1) is 7.72. The zero-order chi connectivity index (χ0) is 11.5. The molecule has 5 nitrogen and oxygen atoms in total. The van der Waals surface area contributed by atoms with Crippen LogP contribution in [0.15, 0.2) is 29.3 Å². The molecule has 0 aliphatic rings. The molecule has 0 radical (unpaired) electrons. The smallest absolute Gasteiger partial charge is 0.261 e. The van der Waals surface area contributed by atoms with Gasteiger partial charge in [-0.1, -0.05) is 0 Å². The number of fused-ring (bicyclic) bond motifs is 1. The Morgan fingerprint density at radius 3 is 3.00 bits per heavy atom. The maximum Gasteiger partial charge on any atom is 0.261 e. The van der Waals surface area contributed by atoms with E-state index in [0.717, 1.165) is 0 Å². The summed E-state index contributed by atoms with van der Waals surface area (Å²) in [5.41, 5.74) is 6.69. The molecule has 5 heteroatoms. The van der Waals surface area contributed by atoms with Gasteiger partial charge in [0, 0.05) is 18.8 Å². The van der Waals surface area contributed by atoms with E-state index in [1.165, 1.54) is 10.9 Å². The minimum atomic E-state index is -0.120. The summed E-state index contributed by atoms with van der Waals surface area (Å²) in [5.74, 6) is 0. The van der Waals surface area contributed by atoms with Crippen LogP contribution in [0.25, 0.3) is 10.9 Å². The van der Waals surface area contributed by atoms with Crippen molar-refractivity contribution >= 4 is 16.6 Å². The summed E-state index contributed by atoms with van der Waals surface area (Å²) in [6.45, 7) is 0.522. The second-order valence-electron chi connectivity index (χ2n) is 3.60. The highest BCUT2D eigenvalue weighted by Gasteiger charge is 2.03.